The summed E-state index contributed by atoms with van der Waals surface area (Å²) in [4.78, 5) is 19.9. The number of amidine groups is 1. The van der Waals surface area contributed by atoms with Gasteiger partial charge in [0.2, 0.25) is 0 Å². The van der Waals surface area contributed by atoms with Crippen molar-refractivity contribution in [2.45, 2.75) is 83.8 Å². The van der Waals surface area contributed by atoms with Crippen LogP contribution >= 0.6 is 0 Å². The smallest absolute Gasteiger partial charge is 0.256 e. The summed E-state index contributed by atoms with van der Waals surface area (Å²) >= 11 is 0. The van der Waals surface area contributed by atoms with Crippen molar-refractivity contribution in [3.63, 3.8) is 0 Å². The summed E-state index contributed by atoms with van der Waals surface area (Å²) in [6, 6.07) is 0.419. The average Bonchev–Trinajstić information content (AvgIpc) is 3.22. The highest BCUT2D eigenvalue weighted by Gasteiger charge is 2.39. The zero-order valence-corrected chi connectivity index (χ0v) is 16.9. The number of hydrogen-bond donors (Lipinski definition) is 1. The van der Waals surface area contributed by atoms with Crippen molar-refractivity contribution in [1.82, 2.24) is 10.2 Å². The monoisotopic (exact) mass is 363 g/mol. The third-order valence-corrected chi connectivity index (χ3v) is 6.43. The van der Waals surface area contributed by atoms with E-state index in [1.807, 2.05) is 20.8 Å². The minimum atomic E-state index is -0.812. The Morgan fingerprint density at radius 2 is 1.96 bits per heavy atom. The molecule has 2 bridgehead atoms. The molecule has 0 spiro atoms. The van der Waals surface area contributed by atoms with Crippen molar-refractivity contribution >= 4 is 11.7 Å². The summed E-state index contributed by atoms with van der Waals surface area (Å²) in [5.74, 6) is 2.28. The lowest BCUT2D eigenvalue weighted by molar-refractivity contribution is -0.141. The van der Waals surface area contributed by atoms with Crippen LogP contribution in [0.1, 0.15) is 72.1 Å². The number of carbonyl (C=O) groups excluding carboxylic acids is 1. The number of amides is 1. The molecule has 0 aromatic rings. The first-order valence-electron chi connectivity index (χ1n) is 10.7. The van der Waals surface area contributed by atoms with Gasteiger partial charge in [-0.25, -0.2) is 0 Å². The highest BCUT2D eigenvalue weighted by Crippen LogP contribution is 2.45. The minimum absolute atomic E-state index is 0.0834. The molecule has 1 heterocycles. The number of nitrogens with zero attached hydrogens (tertiary/aromatic N) is 2. The van der Waals surface area contributed by atoms with Crippen LogP contribution in [0.2, 0.25) is 0 Å². The fourth-order valence-electron chi connectivity index (χ4n) is 4.83. The van der Waals surface area contributed by atoms with E-state index in [0.717, 1.165) is 30.6 Å². The molecule has 0 aromatic carbocycles. The van der Waals surface area contributed by atoms with E-state index in [4.69, 9.17) is 9.73 Å². The Morgan fingerprint density at radius 3 is 2.62 bits per heavy atom. The summed E-state index contributed by atoms with van der Waals surface area (Å²) in [7, 11) is 0. The van der Waals surface area contributed by atoms with Crippen molar-refractivity contribution in [1.29, 1.82) is 0 Å². The van der Waals surface area contributed by atoms with E-state index in [9.17, 15) is 4.79 Å². The molecule has 3 rings (SSSR count). The number of rotatable bonds is 7. The number of hydrogen-bond acceptors (Lipinski definition) is 4. The van der Waals surface area contributed by atoms with Crippen LogP contribution in [0.3, 0.4) is 0 Å². The maximum atomic E-state index is 12.6. The highest BCUT2D eigenvalue weighted by molar-refractivity contribution is 6.00. The Hall–Kier alpha value is -0.940. The van der Waals surface area contributed by atoms with E-state index in [0.29, 0.717) is 12.6 Å². The Morgan fingerprint density at radius 1 is 1.19 bits per heavy atom. The van der Waals surface area contributed by atoms with Gasteiger partial charge in [0, 0.05) is 13.2 Å². The van der Waals surface area contributed by atoms with Gasteiger partial charge in [-0.15, -0.1) is 0 Å². The summed E-state index contributed by atoms with van der Waals surface area (Å²) in [6.45, 7) is 9.74. The molecule has 1 N–H and O–H groups in total. The molecule has 148 valence electrons. The van der Waals surface area contributed by atoms with Gasteiger partial charge in [-0.1, -0.05) is 12.8 Å². The summed E-state index contributed by atoms with van der Waals surface area (Å²) in [5, 5.41) is 2.97. The van der Waals surface area contributed by atoms with E-state index in [1.54, 1.807) is 0 Å². The zero-order valence-electron chi connectivity index (χ0n) is 16.9. The number of nitrogens with one attached hydrogen (secondary N) is 1. The van der Waals surface area contributed by atoms with Gasteiger partial charge in [-0.05, 0) is 84.2 Å². The van der Waals surface area contributed by atoms with Crippen LogP contribution in [0.4, 0.5) is 0 Å². The van der Waals surface area contributed by atoms with Gasteiger partial charge >= 0.3 is 0 Å². The third-order valence-electron chi connectivity index (χ3n) is 6.43. The molecule has 1 saturated heterocycles. The predicted octanol–water partition coefficient (Wildman–Crippen LogP) is 3.38. The lowest BCUT2D eigenvalue weighted by Crippen LogP contribution is -2.46. The Kier molecular flexibility index (Phi) is 6.73. The molecule has 0 aromatic heterocycles. The molecule has 5 heteroatoms. The van der Waals surface area contributed by atoms with Gasteiger partial charge in [0.05, 0.1) is 6.04 Å². The maximum Gasteiger partial charge on any atom is 0.256 e. The SMILES string of the molecule is CC(=NC1CC2CCC1C2)NC(=O)C(C)(C)OCCCN1CCCCC1. The molecule has 1 amide bonds. The van der Waals surface area contributed by atoms with Crippen molar-refractivity contribution in [2.75, 3.05) is 26.2 Å². The number of piperidine rings is 1. The van der Waals surface area contributed by atoms with Crippen molar-refractivity contribution in [3.8, 4) is 0 Å². The normalized spacial score (nSPS) is 30.0. The summed E-state index contributed by atoms with van der Waals surface area (Å²) < 4.78 is 5.91. The van der Waals surface area contributed by atoms with Crippen LogP contribution in [-0.4, -0.2) is 54.5 Å². The molecule has 1 aliphatic heterocycles. The van der Waals surface area contributed by atoms with E-state index in [2.05, 4.69) is 10.2 Å². The minimum Gasteiger partial charge on any atom is -0.366 e. The van der Waals surface area contributed by atoms with Gasteiger partial charge in [-0.2, -0.15) is 0 Å². The van der Waals surface area contributed by atoms with Crippen LogP contribution in [0, 0.1) is 11.8 Å². The molecule has 2 aliphatic carbocycles. The van der Waals surface area contributed by atoms with Crippen molar-refractivity contribution in [3.05, 3.63) is 0 Å². The zero-order chi connectivity index (χ0) is 18.6. The molecular formula is C21H37N3O2. The second-order valence-corrected chi connectivity index (χ2v) is 9.03. The van der Waals surface area contributed by atoms with Gasteiger partial charge in [-0.3, -0.25) is 9.79 Å². The first kappa shape index (κ1) is 19.8. The van der Waals surface area contributed by atoms with Crippen molar-refractivity contribution < 1.29 is 9.53 Å². The fourth-order valence-corrected chi connectivity index (χ4v) is 4.83. The molecule has 5 nitrogen and oxygen atoms in total. The summed E-state index contributed by atoms with van der Waals surface area (Å²) in [5.41, 5.74) is -0.812. The Balaban J connectivity index is 1.37. The average molecular weight is 364 g/mol. The number of carbonyl (C=O) groups is 1. The number of aliphatic imine (C=N–C) groups is 1. The molecule has 3 unspecified atom stereocenters. The number of likely N-dealkylation sites (tertiary alicyclic amines) is 1. The lowest BCUT2D eigenvalue weighted by Gasteiger charge is -2.28. The molecule has 3 atom stereocenters. The predicted molar refractivity (Wildman–Crippen MR) is 105 cm³/mol. The largest absolute Gasteiger partial charge is 0.366 e. The second kappa shape index (κ2) is 8.83. The maximum absolute atomic E-state index is 12.6. The lowest BCUT2D eigenvalue weighted by atomic mass is 9.96. The van der Waals surface area contributed by atoms with E-state index in [-0.39, 0.29) is 5.91 Å². The quantitative estimate of drug-likeness (QED) is 0.429. The van der Waals surface area contributed by atoms with Gasteiger partial charge in [0.1, 0.15) is 11.4 Å². The van der Waals surface area contributed by atoms with Crippen LogP contribution in [-0.2, 0) is 9.53 Å². The standard InChI is InChI=1S/C21H37N3O2/c1-16(22-19-15-17-8-9-18(19)14-17)23-20(25)21(2,3)26-13-7-12-24-10-5-4-6-11-24/h17-19H,4-15H2,1-3H3,(H,22,23,25). The number of ether oxygens (including phenoxy) is 1. The molecule has 0 radical (unpaired) electrons. The van der Waals surface area contributed by atoms with E-state index >= 15 is 0 Å². The van der Waals surface area contributed by atoms with Crippen LogP contribution < -0.4 is 5.32 Å². The first-order valence-corrected chi connectivity index (χ1v) is 10.7. The number of fused-ring (bicyclic) bond motifs is 2. The van der Waals surface area contributed by atoms with Crippen LogP contribution in [0.15, 0.2) is 4.99 Å². The molecule has 26 heavy (non-hydrogen) atoms. The van der Waals surface area contributed by atoms with Crippen molar-refractivity contribution in [2.24, 2.45) is 16.8 Å². The van der Waals surface area contributed by atoms with E-state index < -0.39 is 5.60 Å². The van der Waals surface area contributed by atoms with E-state index in [1.165, 1.54) is 58.0 Å². The molecular weight excluding hydrogens is 326 g/mol. The topological polar surface area (TPSA) is 53.9 Å². The summed E-state index contributed by atoms with van der Waals surface area (Å²) in [6.07, 6.45) is 10.2. The molecule has 2 saturated carbocycles. The van der Waals surface area contributed by atoms with Gasteiger partial charge in [0.15, 0.2) is 0 Å². The highest BCUT2D eigenvalue weighted by atomic mass is 16.5. The Labute approximate surface area is 159 Å². The third kappa shape index (κ3) is 5.29. The second-order valence-electron chi connectivity index (χ2n) is 9.03. The molecule has 3 fully saturated rings. The Bertz CT molecular complexity index is 511. The van der Waals surface area contributed by atoms with Crippen LogP contribution in [0.25, 0.3) is 0 Å². The van der Waals surface area contributed by atoms with Gasteiger partial charge < -0.3 is 15.0 Å². The molecule has 3 aliphatic rings. The van der Waals surface area contributed by atoms with Gasteiger partial charge in [0.25, 0.3) is 5.91 Å². The first-order chi connectivity index (χ1) is 12.4. The fraction of sp³-hybridized carbons (Fsp3) is 0.905. The van der Waals surface area contributed by atoms with Crippen LogP contribution in [0.5, 0.6) is 0 Å².